The van der Waals surface area contributed by atoms with Crippen molar-refractivity contribution >= 4 is 6.29 Å². The summed E-state index contributed by atoms with van der Waals surface area (Å²) in [6.45, 7) is 6.67. The molecule has 0 amide bonds. The molecule has 0 bridgehead atoms. The zero-order chi connectivity index (χ0) is 9.40. The predicted molar refractivity (Wildman–Crippen MR) is 53.2 cm³/mol. The van der Waals surface area contributed by atoms with E-state index in [0.29, 0.717) is 5.92 Å². The molecule has 0 aliphatic carbocycles. The number of unbranched alkanes of at least 4 members (excludes halogenated alkanes) is 1. The Balaban J connectivity index is 3.13. The Hall–Kier alpha value is -0.330. The summed E-state index contributed by atoms with van der Waals surface area (Å²) in [5.41, 5.74) is 0. The van der Waals surface area contributed by atoms with E-state index in [1.54, 1.807) is 0 Å². The van der Waals surface area contributed by atoms with Crippen LogP contribution in [0.15, 0.2) is 0 Å². The number of rotatable bonds is 7. The fourth-order valence-electron chi connectivity index (χ4n) is 1.33. The second-order valence-corrected chi connectivity index (χ2v) is 4.19. The zero-order valence-corrected chi connectivity index (χ0v) is 8.68. The van der Waals surface area contributed by atoms with E-state index in [9.17, 15) is 4.79 Å². The number of carbonyl (C=O) groups excluding carboxylic acids is 1. The summed E-state index contributed by atoms with van der Waals surface area (Å²) < 4.78 is 0. The fraction of sp³-hybridized carbons (Fsp3) is 0.909. The van der Waals surface area contributed by atoms with E-state index in [2.05, 4.69) is 20.8 Å². The van der Waals surface area contributed by atoms with Gasteiger partial charge in [0.15, 0.2) is 0 Å². The first-order valence-electron chi connectivity index (χ1n) is 5.10. The Bertz CT molecular complexity index is 108. The third kappa shape index (κ3) is 7.77. The molecule has 1 heteroatoms. The second kappa shape index (κ2) is 7.33. The molecule has 12 heavy (non-hydrogen) atoms. The number of hydrogen-bond donors (Lipinski definition) is 0. The van der Waals surface area contributed by atoms with Crippen molar-refractivity contribution in [3.8, 4) is 0 Å². The van der Waals surface area contributed by atoms with Gasteiger partial charge in [-0.2, -0.15) is 0 Å². The van der Waals surface area contributed by atoms with Gasteiger partial charge in [0.2, 0.25) is 0 Å². The van der Waals surface area contributed by atoms with Gasteiger partial charge in [-0.1, -0.05) is 46.5 Å². The molecule has 0 aromatic heterocycles. The van der Waals surface area contributed by atoms with Crippen LogP contribution in [-0.4, -0.2) is 6.29 Å². The van der Waals surface area contributed by atoms with Crippen LogP contribution in [0.2, 0.25) is 0 Å². The number of carbonyl (C=O) groups is 1. The molecule has 1 nitrogen and oxygen atoms in total. The average molecular weight is 170 g/mol. The SMILES string of the molecule is CC(C)CCCCC(C)CC=O. The summed E-state index contributed by atoms with van der Waals surface area (Å²) in [5.74, 6) is 1.42. The van der Waals surface area contributed by atoms with Crippen molar-refractivity contribution in [3.05, 3.63) is 0 Å². The Kier molecular flexibility index (Phi) is 7.12. The van der Waals surface area contributed by atoms with Crippen molar-refractivity contribution in [3.63, 3.8) is 0 Å². The van der Waals surface area contributed by atoms with E-state index in [-0.39, 0.29) is 0 Å². The maximum absolute atomic E-state index is 10.2. The Morgan fingerprint density at radius 2 is 1.67 bits per heavy atom. The highest BCUT2D eigenvalue weighted by atomic mass is 16.1. The van der Waals surface area contributed by atoms with Crippen LogP contribution in [0.3, 0.4) is 0 Å². The lowest BCUT2D eigenvalue weighted by atomic mass is 9.98. The van der Waals surface area contributed by atoms with Gasteiger partial charge in [-0.3, -0.25) is 0 Å². The maximum atomic E-state index is 10.2. The third-order valence-electron chi connectivity index (χ3n) is 2.23. The summed E-state index contributed by atoms with van der Waals surface area (Å²) in [6.07, 6.45) is 6.92. The predicted octanol–water partition coefficient (Wildman–Crippen LogP) is 3.43. The molecule has 0 spiro atoms. The van der Waals surface area contributed by atoms with Crippen molar-refractivity contribution in [1.82, 2.24) is 0 Å². The van der Waals surface area contributed by atoms with Crippen LogP contribution in [0.5, 0.6) is 0 Å². The van der Waals surface area contributed by atoms with Crippen LogP contribution in [0, 0.1) is 11.8 Å². The van der Waals surface area contributed by atoms with Gasteiger partial charge in [0, 0.05) is 6.42 Å². The Morgan fingerprint density at radius 3 is 2.17 bits per heavy atom. The van der Waals surface area contributed by atoms with Crippen LogP contribution < -0.4 is 0 Å². The molecular weight excluding hydrogens is 148 g/mol. The van der Waals surface area contributed by atoms with Gasteiger partial charge in [0.25, 0.3) is 0 Å². The monoisotopic (exact) mass is 170 g/mol. The minimum atomic E-state index is 0.592. The molecule has 0 aliphatic rings. The summed E-state index contributed by atoms with van der Waals surface area (Å²) in [6, 6.07) is 0. The first-order valence-corrected chi connectivity index (χ1v) is 5.10. The van der Waals surface area contributed by atoms with Crippen molar-refractivity contribution in [1.29, 1.82) is 0 Å². The van der Waals surface area contributed by atoms with Gasteiger partial charge in [-0.25, -0.2) is 0 Å². The van der Waals surface area contributed by atoms with Crippen molar-refractivity contribution in [2.24, 2.45) is 11.8 Å². The summed E-state index contributed by atoms with van der Waals surface area (Å²) in [4.78, 5) is 10.2. The van der Waals surface area contributed by atoms with Gasteiger partial charge >= 0.3 is 0 Å². The van der Waals surface area contributed by atoms with Crippen LogP contribution in [0.25, 0.3) is 0 Å². The van der Waals surface area contributed by atoms with Gasteiger partial charge in [0.05, 0.1) is 0 Å². The molecule has 0 aromatic rings. The highest BCUT2D eigenvalue weighted by Gasteiger charge is 2.00. The van der Waals surface area contributed by atoms with Crippen LogP contribution >= 0.6 is 0 Å². The van der Waals surface area contributed by atoms with Gasteiger partial charge in [-0.15, -0.1) is 0 Å². The van der Waals surface area contributed by atoms with Crippen LogP contribution in [-0.2, 0) is 4.79 Å². The Morgan fingerprint density at radius 1 is 1.08 bits per heavy atom. The summed E-state index contributed by atoms with van der Waals surface area (Å²) >= 11 is 0. The molecule has 0 radical (unpaired) electrons. The van der Waals surface area contributed by atoms with E-state index in [1.807, 2.05) is 0 Å². The van der Waals surface area contributed by atoms with Crippen LogP contribution in [0.4, 0.5) is 0 Å². The topological polar surface area (TPSA) is 17.1 Å². The van der Waals surface area contributed by atoms with E-state index in [4.69, 9.17) is 0 Å². The standard InChI is InChI=1S/C11H22O/c1-10(2)6-4-5-7-11(3)8-9-12/h9-11H,4-8H2,1-3H3. The molecule has 0 aromatic carbocycles. The minimum absolute atomic E-state index is 0.592. The van der Waals surface area contributed by atoms with Gasteiger partial charge < -0.3 is 4.79 Å². The molecule has 0 heterocycles. The number of aldehydes is 1. The second-order valence-electron chi connectivity index (χ2n) is 4.19. The zero-order valence-electron chi connectivity index (χ0n) is 8.68. The molecule has 0 saturated carbocycles. The van der Waals surface area contributed by atoms with E-state index >= 15 is 0 Å². The highest BCUT2D eigenvalue weighted by Crippen LogP contribution is 2.14. The minimum Gasteiger partial charge on any atom is -0.303 e. The van der Waals surface area contributed by atoms with Crippen molar-refractivity contribution in [2.45, 2.75) is 52.9 Å². The quantitative estimate of drug-likeness (QED) is 0.422. The van der Waals surface area contributed by atoms with Crippen LogP contribution in [0.1, 0.15) is 52.9 Å². The summed E-state index contributed by atoms with van der Waals surface area (Å²) in [5, 5.41) is 0. The molecule has 0 aliphatic heterocycles. The molecule has 1 atom stereocenters. The van der Waals surface area contributed by atoms with Crippen molar-refractivity contribution in [2.75, 3.05) is 0 Å². The summed E-state index contributed by atoms with van der Waals surface area (Å²) in [7, 11) is 0. The first-order chi connectivity index (χ1) is 5.66. The number of hydrogen-bond acceptors (Lipinski definition) is 1. The molecule has 1 unspecified atom stereocenters. The molecule has 0 fully saturated rings. The third-order valence-corrected chi connectivity index (χ3v) is 2.23. The molecular formula is C11H22O. The molecule has 0 rings (SSSR count). The fourth-order valence-corrected chi connectivity index (χ4v) is 1.33. The average Bonchev–Trinajstić information content (AvgIpc) is 1.98. The maximum Gasteiger partial charge on any atom is 0.120 e. The van der Waals surface area contributed by atoms with Gasteiger partial charge in [0.1, 0.15) is 6.29 Å². The lowest BCUT2D eigenvalue weighted by molar-refractivity contribution is -0.108. The highest BCUT2D eigenvalue weighted by molar-refractivity contribution is 5.49. The Labute approximate surface area is 76.6 Å². The lowest BCUT2D eigenvalue weighted by Crippen LogP contribution is -1.96. The molecule has 0 N–H and O–H groups in total. The van der Waals surface area contributed by atoms with Crippen molar-refractivity contribution < 1.29 is 4.79 Å². The van der Waals surface area contributed by atoms with E-state index in [1.165, 1.54) is 25.7 Å². The van der Waals surface area contributed by atoms with Gasteiger partial charge in [-0.05, 0) is 11.8 Å². The van der Waals surface area contributed by atoms with E-state index in [0.717, 1.165) is 18.6 Å². The normalized spacial score (nSPS) is 13.3. The first kappa shape index (κ1) is 11.7. The largest absolute Gasteiger partial charge is 0.303 e. The molecule has 0 saturated heterocycles. The smallest absolute Gasteiger partial charge is 0.120 e. The lowest BCUT2D eigenvalue weighted by Gasteiger charge is -2.07. The molecule has 72 valence electrons. The van der Waals surface area contributed by atoms with E-state index < -0.39 is 0 Å².